The van der Waals surface area contributed by atoms with Crippen LogP contribution in [0, 0.1) is 21.7 Å². The summed E-state index contributed by atoms with van der Waals surface area (Å²) in [7, 11) is 0. The third-order valence-corrected chi connectivity index (χ3v) is 2.41. The number of carbonyl (C=O) groups is 1. The van der Waals surface area contributed by atoms with Gasteiger partial charge in [-0.3, -0.25) is 10.1 Å². The molecule has 0 unspecified atom stereocenters. The highest BCUT2D eigenvalue weighted by molar-refractivity contribution is 5.91. The van der Waals surface area contributed by atoms with E-state index < -0.39 is 28.3 Å². The Bertz CT molecular complexity index is 671. The van der Waals surface area contributed by atoms with Crippen molar-refractivity contribution in [1.29, 1.82) is 0 Å². The number of hydrogen-bond donors (Lipinski definition) is 0. The zero-order chi connectivity index (χ0) is 14.7. The number of carbonyl (C=O) groups excluding carboxylic acids is 1. The number of ether oxygens (including phenoxy) is 1. The highest BCUT2D eigenvalue weighted by Crippen LogP contribution is 2.20. The molecule has 2 rings (SSSR count). The van der Waals surface area contributed by atoms with Crippen LogP contribution in [0.3, 0.4) is 0 Å². The Morgan fingerprint density at radius 2 is 1.75 bits per heavy atom. The van der Waals surface area contributed by atoms with Crippen molar-refractivity contribution in [3.05, 3.63) is 69.8 Å². The first kappa shape index (κ1) is 13.6. The van der Waals surface area contributed by atoms with E-state index in [1.165, 1.54) is 0 Å². The SMILES string of the molecule is O=C(Oc1cc(F)ccc1F)c1ccc([N+](=O)[O-])cc1. The van der Waals surface area contributed by atoms with Gasteiger partial charge in [-0.05, 0) is 24.3 Å². The van der Waals surface area contributed by atoms with Crippen LogP contribution in [-0.4, -0.2) is 10.9 Å². The molecule has 102 valence electrons. The highest BCUT2D eigenvalue weighted by atomic mass is 19.1. The molecule has 0 bridgehead atoms. The normalized spacial score (nSPS) is 10.1. The molecule has 0 spiro atoms. The maximum Gasteiger partial charge on any atom is 0.343 e. The van der Waals surface area contributed by atoms with Gasteiger partial charge in [-0.25, -0.2) is 13.6 Å². The van der Waals surface area contributed by atoms with E-state index in [9.17, 15) is 23.7 Å². The molecule has 20 heavy (non-hydrogen) atoms. The number of benzene rings is 2. The summed E-state index contributed by atoms with van der Waals surface area (Å²) in [5.41, 5.74) is -0.210. The molecule has 5 nitrogen and oxygen atoms in total. The zero-order valence-electron chi connectivity index (χ0n) is 9.88. The van der Waals surface area contributed by atoms with Crippen molar-refractivity contribution in [2.24, 2.45) is 0 Å². The molecular formula is C13H7F2NO4. The lowest BCUT2D eigenvalue weighted by atomic mass is 10.2. The van der Waals surface area contributed by atoms with Crippen LogP contribution in [-0.2, 0) is 0 Å². The van der Waals surface area contributed by atoms with Crippen LogP contribution in [0.15, 0.2) is 42.5 Å². The predicted octanol–water partition coefficient (Wildman–Crippen LogP) is 3.09. The van der Waals surface area contributed by atoms with Crippen molar-refractivity contribution in [2.75, 3.05) is 0 Å². The van der Waals surface area contributed by atoms with Crippen LogP contribution in [0.4, 0.5) is 14.5 Å². The second-order valence-corrected chi connectivity index (χ2v) is 3.77. The van der Waals surface area contributed by atoms with Gasteiger partial charge >= 0.3 is 5.97 Å². The van der Waals surface area contributed by atoms with Crippen molar-refractivity contribution >= 4 is 11.7 Å². The van der Waals surface area contributed by atoms with Crippen molar-refractivity contribution in [3.63, 3.8) is 0 Å². The first-order chi connectivity index (χ1) is 9.47. The van der Waals surface area contributed by atoms with E-state index >= 15 is 0 Å². The molecular weight excluding hydrogens is 272 g/mol. The third-order valence-electron chi connectivity index (χ3n) is 2.41. The molecule has 0 atom stereocenters. The van der Waals surface area contributed by atoms with Crippen LogP contribution in [0.5, 0.6) is 5.75 Å². The standard InChI is InChI=1S/C13H7F2NO4/c14-9-3-6-11(15)12(7-9)20-13(17)8-1-4-10(5-2-8)16(18)19/h1-7H. The Labute approximate surface area is 111 Å². The van der Waals surface area contributed by atoms with Gasteiger partial charge in [0.05, 0.1) is 10.5 Å². The molecule has 2 aromatic rings. The number of rotatable bonds is 3. The zero-order valence-corrected chi connectivity index (χ0v) is 9.88. The fourth-order valence-corrected chi connectivity index (χ4v) is 1.43. The van der Waals surface area contributed by atoms with E-state index in [1.807, 2.05) is 0 Å². The monoisotopic (exact) mass is 279 g/mol. The van der Waals surface area contributed by atoms with Crippen LogP contribution in [0.25, 0.3) is 0 Å². The molecule has 0 heterocycles. The molecule has 0 aliphatic heterocycles. The number of nitrogens with zero attached hydrogens (tertiary/aromatic N) is 1. The summed E-state index contributed by atoms with van der Waals surface area (Å²) >= 11 is 0. The van der Waals surface area contributed by atoms with E-state index in [-0.39, 0.29) is 11.3 Å². The average molecular weight is 279 g/mol. The van der Waals surface area contributed by atoms with Gasteiger partial charge in [0, 0.05) is 18.2 Å². The number of halogens is 2. The lowest BCUT2D eigenvalue weighted by Crippen LogP contribution is -2.09. The number of hydrogen-bond acceptors (Lipinski definition) is 4. The maximum atomic E-state index is 13.3. The van der Waals surface area contributed by atoms with Crippen LogP contribution < -0.4 is 4.74 Å². The molecule has 0 radical (unpaired) electrons. The van der Waals surface area contributed by atoms with Crippen LogP contribution in [0.2, 0.25) is 0 Å². The first-order valence-electron chi connectivity index (χ1n) is 5.39. The Morgan fingerprint density at radius 3 is 2.35 bits per heavy atom. The van der Waals surface area contributed by atoms with Gasteiger partial charge in [0.25, 0.3) is 5.69 Å². The van der Waals surface area contributed by atoms with Crippen LogP contribution in [0.1, 0.15) is 10.4 Å². The summed E-state index contributed by atoms with van der Waals surface area (Å²) in [5, 5.41) is 10.5. The summed E-state index contributed by atoms with van der Waals surface area (Å²) in [4.78, 5) is 21.5. The number of non-ortho nitro benzene ring substituents is 1. The minimum atomic E-state index is -0.940. The molecule has 0 aromatic heterocycles. The quantitative estimate of drug-likeness (QED) is 0.374. The van der Waals surface area contributed by atoms with Crippen molar-refractivity contribution in [2.45, 2.75) is 0 Å². The summed E-state index contributed by atoms with van der Waals surface area (Å²) in [5.74, 6) is -3.13. The van der Waals surface area contributed by atoms with Gasteiger partial charge in [0.1, 0.15) is 5.82 Å². The van der Waals surface area contributed by atoms with E-state index in [1.54, 1.807) is 0 Å². The van der Waals surface area contributed by atoms with Crippen LogP contribution >= 0.6 is 0 Å². The lowest BCUT2D eigenvalue weighted by Gasteiger charge is -2.05. The van der Waals surface area contributed by atoms with Gasteiger partial charge in [0.2, 0.25) is 0 Å². The first-order valence-corrected chi connectivity index (χ1v) is 5.39. The molecule has 0 saturated heterocycles. The van der Waals surface area contributed by atoms with Gasteiger partial charge in [0.15, 0.2) is 11.6 Å². The average Bonchev–Trinajstić information content (AvgIpc) is 2.43. The summed E-state index contributed by atoms with van der Waals surface area (Å²) < 4.78 is 30.9. The maximum absolute atomic E-state index is 13.3. The topological polar surface area (TPSA) is 69.4 Å². The van der Waals surface area contributed by atoms with Gasteiger partial charge in [-0.2, -0.15) is 0 Å². The van der Waals surface area contributed by atoms with E-state index in [4.69, 9.17) is 0 Å². The van der Waals surface area contributed by atoms with Crippen molar-refractivity contribution in [3.8, 4) is 5.75 Å². The Morgan fingerprint density at radius 1 is 1.10 bits per heavy atom. The largest absolute Gasteiger partial charge is 0.420 e. The molecule has 0 amide bonds. The molecule has 0 saturated carbocycles. The third kappa shape index (κ3) is 2.94. The number of nitro groups is 1. The van der Waals surface area contributed by atoms with Gasteiger partial charge < -0.3 is 4.74 Å². The van der Waals surface area contributed by atoms with Crippen molar-refractivity contribution < 1.29 is 23.2 Å². The molecule has 2 aromatic carbocycles. The molecule has 0 aliphatic rings. The number of esters is 1. The fourth-order valence-electron chi connectivity index (χ4n) is 1.43. The Balaban J connectivity index is 2.19. The van der Waals surface area contributed by atoms with Gasteiger partial charge in [-0.1, -0.05) is 0 Å². The smallest absolute Gasteiger partial charge is 0.343 e. The second kappa shape index (κ2) is 5.43. The Kier molecular flexibility index (Phi) is 3.69. The van der Waals surface area contributed by atoms with E-state index in [0.29, 0.717) is 0 Å². The summed E-state index contributed by atoms with van der Waals surface area (Å²) in [6.07, 6.45) is 0. The van der Waals surface area contributed by atoms with E-state index in [2.05, 4.69) is 4.74 Å². The molecule has 7 heteroatoms. The number of nitro benzene ring substituents is 1. The Hall–Kier alpha value is -2.83. The molecule has 0 aliphatic carbocycles. The fraction of sp³-hybridized carbons (Fsp3) is 0. The molecule has 0 fully saturated rings. The van der Waals surface area contributed by atoms with Crippen molar-refractivity contribution in [1.82, 2.24) is 0 Å². The summed E-state index contributed by atoms with van der Waals surface area (Å²) in [6, 6.07) is 7.00. The second-order valence-electron chi connectivity index (χ2n) is 3.77. The lowest BCUT2D eigenvalue weighted by molar-refractivity contribution is -0.384. The predicted molar refractivity (Wildman–Crippen MR) is 64.4 cm³/mol. The minimum absolute atomic E-state index is 0.0146. The molecule has 0 N–H and O–H groups in total. The highest BCUT2D eigenvalue weighted by Gasteiger charge is 2.14. The minimum Gasteiger partial charge on any atom is -0.420 e. The summed E-state index contributed by atoms with van der Waals surface area (Å²) in [6.45, 7) is 0. The van der Waals surface area contributed by atoms with Gasteiger partial charge in [-0.15, -0.1) is 0 Å². The van der Waals surface area contributed by atoms with E-state index in [0.717, 1.165) is 42.5 Å².